The number of amides is 1. The molecule has 0 aliphatic rings. The normalized spacial score (nSPS) is 10.4. The van der Waals surface area contributed by atoms with Crippen LogP contribution in [0.5, 0.6) is 5.75 Å². The molecule has 0 aliphatic heterocycles. The van der Waals surface area contributed by atoms with Gasteiger partial charge in [0.25, 0.3) is 0 Å². The Bertz CT molecular complexity index is 590. The maximum absolute atomic E-state index is 12.1. The van der Waals surface area contributed by atoms with Crippen LogP contribution < -0.4 is 4.74 Å². The Morgan fingerprint density at radius 1 is 1.29 bits per heavy atom. The van der Waals surface area contributed by atoms with Crippen molar-refractivity contribution in [3.8, 4) is 5.75 Å². The average Bonchev–Trinajstić information content (AvgIpc) is 2.91. The predicted molar refractivity (Wildman–Crippen MR) is 81.0 cm³/mol. The van der Waals surface area contributed by atoms with Crippen LogP contribution in [0.15, 0.2) is 36.7 Å². The van der Waals surface area contributed by atoms with E-state index in [1.807, 2.05) is 44.6 Å². The highest BCUT2D eigenvalue weighted by Crippen LogP contribution is 2.13. The van der Waals surface area contributed by atoms with Crippen molar-refractivity contribution in [3.05, 3.63) is 47.8 Å². The van der Waals surface area contributed by atoms with E-state index < -0.39 is 0 Å². The quantitative estimate of drug-likeness (QED) is 0.816. The van der Waals surface area contributed by atoms with Crippen LogP contribution in [0.1, 0.15) is 17.5 Å². The number of ether oxygens (including phenoxy) is 1. The van der Waals surface area contributed by atoms with Gasteiger partial charge in [-0.2, -0.15) is 5.10 Å². The number of rotatable bonds is 6. The second-order valence-electron chi connectivity index (χ2n) is 5.12. The number of carbonyl (C=O) groups excluding carboxylic acids is 1. The van der Waals surface area contributed by atoms with E-state index >= 15 is 0 Å². The summed E-state index contributed by atoms with van der Waals surface area (Å²) in [5, 5.41) is 4.10. The summed E-state index contributed by atoms with van der Waals surface area (Å²) in [6.07, 6.45) is 4.96. The van der Waals surface area contributed by atoms with Gasteiger partial charge in [-0.25, -0.2) is 0 Å². The van der Waals surface area contributed by atoms with Crippen LogP contribution in [0, 0.1) is 0 Å². The Morgan fingerprint density at radius 3 is 2.57 bits per heavy atom. The molecule has 2 aromatic rings. The van der Waals surface area contributed by atoms with Crippen molar-refractivity contribution in [3.63, 3.8) is 0 Å². The van der Waals surface area contributed by atoms with Gasteiger partial charge in [0, 0.05) is 33.3 Å². The van der Waals surface area contributed by atoms with Crippen LogP contribution in [0.3, 0.4) is 0 Å². The summed E-state index contributed by atoms with van der Waals surface area (Å²) in [5.41, 5.74) is 2.18. The van der Waals surface area contributed by atoms with E-state index in [2.05, 4.69) is 5.10 Å². The van der Waals surface area contributed by atoms with E-state index in [9.17, 15) is 4.79 Å². The molecule has 0 fully saturated rings. The van der Waals surface area contributed by atoms with E-state index in [0.29, 0.717) is 13.0 Å². The molecule has 1 amide bonds. The highest BCUT2D eigenvalue weighted by Gasteiger charge is 2.10. The van der Waals surface area contributed by atoms with Gasteiger partial charge in [0.1, 0.15) is 5.75 Å². The molecule has 5 heteroatoms. The number of aromatic nitrogens is 2. The molecule has 0 atom stereocenters. The molecular formula is C16H21N3O2. The first-order valence-electron chi connectivity index (χ1n) is 6.93. The molecule has 2 rings (SSSR count). The van der Waals surface area contributed by atoms with Crippen LogP contribution in [-0.4, -0.2) is 34.7 Å². The second-order valence-corrected chi connectivity index (χ2v) is 5.12. The SMILES string of the molecule is COc1ccc(CN(C)C(=O)CCc2cnn(C)c2)cc1. The monoisotopic (exact) mass is 287 g/mol. The molecular weight excluding hydrogens is 266 g/mol. The number of benzene rings is 1. The van der Waals surface area contributed by atoms with Crippen molar-refractivity contribution in [1.82, 2.24) is 14.7 Å². The van der Waals surface area contributed by atoms with Crippen molar-refractivity contribution in [1.29, 1.82) is 0 Å². The Hall–Kier alpha value is -2.30. The van der Waals surface area contributed by atoms with E-state index in [1.165, 1.54) is 0 Å². The van der Waals surface area contributed by atoms with Crippen LogP contribution >= 0.6 is 0 Å². The first kappa shape index (κ1) is 15.1. The summed E-state index contributed by atoms with van der Waals surface area (Å²) >= 11 is 0. The topological polar surface area (TPSA) is 47.4 Å². The van der Waals surface area contributed by atoms with Gasteiger partial charge < -0.3 is 9.64 Å². The van der Waals surface area contributed by atoms with Crippen LogP contribution in [0.25, 0.3) is 0 Å². The second kappa shape index (κ2) is 6.92. The van der Waals surface area contributed by atoms with Gasteiger partial charge in [0.05, 0.1) is 13.3 Å². The summed E-state index contributed by atoms with van der Waals surface area (Å²) in [6.45, 7) is 0.607. The van der Waals surface area contributed by atoms with Crippen LogP contribution in [-0.2, 0) is 24.8 Å². The smallest absolute Gasteiger partial charge is 0.222 e. The van der Waals surface area contributed by atoms with E-state index in [1.54, 1.807) is 22.9 Å². The third-order valence-corrected chi connectivity index (χ3v) is 3.39. The zero-order chi connectivity index (χ0) is 15.2. The largest absolute Gasteiger partial charge is 0.497 e. The number of hydrogen-bond donors (Lipinski definition) is 0. The molecule has 0 saturated carbocycles. The van der Waals surface area contributed by atoms with Gasteiger partial charge in [0.2, 0.25) is 5.91 Å². The average molecular weight is 287 g/mol. The lowest BCUT2D eigenvalue weighted by Gasteiger charge is -2.17. The molecule has 1 aromatic carbocycles. The van der Waals surface area contributed by atoms with E-state index in [-0.39, 0.29) is 5.91 Å². The van der Waals surface area contributed by atoms with Gasteiger partial charge in [-0.05, 0) is 29.7 Å². The van der Waals surface area contributed by atoms with Gasteiger partial charge in [-0.1, -0.05) is 12.1 Å². The first-order chi connectivity index (χ1) is 10.1. The van der Waals surface area contributed by atoms with Gasteiger partial charge in [0.15, 0.2) is 0 Å². The fourth-order valence-electron chi connectivity index (χ4n) is 2.14. The Kier molecular flexibility index (Phi) is 4.98. The number of nitrogens with zero attached hydrogens (tertiary/aromatic N) is 3. The van der Waals surface area contributed by atoms with Crippen LogP contribution in [0.2, 0.25) is 0 Å². The molecule has 1 aromatic heterocycles. The third-order valence-electron chi connectivity index (χ3n) is 3.39. The summed E-state index contributed by atoms with van der Waals surface area (Å²) in [6, 6.07) is 7.76. The zero-order valence-electron chi connectivity index (χ0n) is 12.7. The molecule has 112 valence electrons. The lowest BCUT2D eigenvalue weighted by atomic mass is 10.1. The lowest BCUT2D eigenvalue weighted by Crippen LogP contribution is -2.26. The lowest BCUT2D eigenvalue weighted by molar-refractivity contribution is -0.130. The minimum atomic E-state index is 0.134. The molecule has 0 bridgehead atoms. The number of carbonyl (C=O) groups is 1. The maximum atomic E-state index is 12.1. The summed E-state index contributed by atoms with van der Waals surface area (Å²) in [4.78, 5) is 13.9. The highest BCUT2D eigenvalue weighted by atomic mass is 16.5. The van der Waals surface area contributed by atoms with Gasteiger partial charge in [-0.15, -0.1) is 0 Å². The molecule has 1 heterocycles. The minimum absolute atomic E-state index is 0.134. The fraction of sp³-hybridized carbons (Fsp3) is 0.375. The van der Waals surface area contributed by atoms with Crippen LogP contribution in [0.4, 0.5) is 0 Å². The summed E-state index contributed by atoms with van der Waals surface area (Å²) in [5.74, 6) is 0.957. The van der Waals surface area contributed by atoms with E-state index in [0.717, 1.165) is 23.3 Å². The summed E-state index contributed by atoms with van der Waals surface area (Å²) < 4.78 is 6.87. The molecule has 21 heavy (non-hydrogen) atoms. The van der Waals surface area contributed by atoms with Crippen molar-refractivity contribution >= 4 is 5.91 Å². The molecule has 0 N–H and O–H groups in total. The third kappa shape index (κ3) is 4.34. The number of methoxy groups -OCH3 is 1. The van der Waals surface area contributed by atoms with Crippen molar-refractivity contribution in [2.24, 2.45) is 7.05 Å². The molecule has 0 aliphatic carbocycles. The number of aryl methyl sites for hydroxylation is 2. The first-order valence-corrected chi connectivity index (χ1v) is 6.93. The fourth-order valence-corrected chi connectivity index (χ4v) is 2.14. The molecule has 0 unspecified atom stereocenters. The van der Waals surface area contributed by atoms with Gasteiger partial charge >= 0.3 is 0 Å². The number of hydrogen-bond acceptors (Lipinski definition) is 3. The molecule has 0 radical (unpaired) electrons. The summed E-state index contributed by atoms with van der Waals surface area (Å²) in [7, 11) is 5.35. The standard InChI is InChI=1S/C16H21N3O2/c1-18(11-13-4-7-15(21-3)8-5-13)16(20)9-6-14-10-17-19(2)12-14/h4-5,7-8,10,12H,6,9,11H2,1-3H3. The van der Waals surface area contributed by atoms with E-state index in [4.69, 9.17) is 4.74 Å². The van der Waals surface area contributed by atoms with Crippen molar-refractivity contribution in [2.45, 2.75) is 19.4 Å². The Morgan fingerprint density at radius 2 is 2.00 bits per heavy atom. The van der Waals surface area contributed by atoms with Gasteiger partial charge in [-0.3, -0.25) is 9.48 Å². The molecule has 0 saturated heterocycles. The zero-order valence-corrected chi connectivity index (χ0v) is 12.7. The maximum Gasteiger partial charge on any atom is 0.222 e. The van der Waals surface area contributed by atoms with Crippen molar-refractivity contribution < 1.29 is 9.53 Å². The predicted octanol–water partition coefficient (Wildman–Crippen LogP) is 2.02. The highest BCUT2D eigenvalue weighted by molar-refractivity contribution is 5.76. The Balaban J connectivity index is 1.83. The Labute approximate surface area is 125 Å². The minimum Gasteiger partial charge on any atom is -0.497 e. The molecule has 0 spiro atoms. The van der Waals surface area contributed by atoms with Crippen molar-refractivity contribution in [2.75, 3.05) is 14.2 Å². The molecule has 5 nitrogen and oxygen atoms in total.